The first-order valence-corrected chi connectivity index (χ1v) is 23.6. The second kappa shape index (κ2) is 20.7. The Morgan fingerprint density at radius 3 is 2.57 bits per heavy atom. The number of nitrogens with one attached hydrogen (secondary N) is 3. The summed E-state index contributed by atoms with van der Waals surface area (Å²) < 4.78 is 61.3. The first kappa shape index (κ1) is 49.0. The lowest BCUT2D eigenvalue weighted by Crippen LogP contribution is -2.29. The largest absolute Gasteiger partial charge is 0.586 e. The molecular weight excluding hydrogens is 918 g/mol. The molecule has 4 heterocycles. The van der Waals surface area contributed by atoms with E-state index in [-0.39, 0.29) is 56.5 Å². The third-order valence-electron chi connectivity index (χ3n) is 11.8. The Bertz CT molecular complexity index is 2910. The molecule has 1 saturated carbocycles. The number of thioether (sulfide) groups is 1. The maximum absolute atomic E-state index is 15.8. The highest BCUT2D eigenvalue weighted by molar-refractivity contribution is 7.99. The minimum Gasteiger partial charge on any atom is -0.395 e. The van der Waals surface area contributed by atoms with Crippen LogP contribution in [0, 0.1) is 17.7 Å². The van der Waals surface area contributed by atoms with Crippen LogP contribution >= 0.6 is 11.8 Å². The fourth-order valence-electron chi connectivity index (χ4n) is 7.89. The van der Waals surface area contributed by atoms with E-state index in [0.717, 1.165) is 17.7 Å². The molecule has 6 aromatic rings. The third kappa shape index (κ3) is 11.2. The van der Waals surface area contributed by atoms with E-state index in [9.17, 15) is 28.6 Å². The number of benzene rings is 3. The first-order chi connectivity index (χ1) is 33.1. The van der Waals surface area contributed by atoms with Crippen LogP contribution in [0.15, 0.2) is 65.8 Å². The third-order valence-corrected chi connectivity index (χ3v) is 12.9. The summed E-state index contributed by atoms with van der Waals surface area (Å²) in [5, 5.41) is 39.9. The number of hydrogen-bond donors (Lipinski definition) is 6. The molecule has 0 bridgehead atoms. The Balaban J connectivity index is 0.813. The summed E-state index contributed by atoms with van der Waals surface area (Å²) in [6.45, 7) is 7.45. The molecule has 0 saturated heterocycles. The molecule has 1 unspecified atom stereocenters. The summed E-state index contributed by atoms with van der Waals surface area (Å²) >= 11 is 1.56. The number of fused-ring (bicyclic) bond motifs is 3. The summed E-state index contributed by atoms with van der Waals surface area (Å²) in [6.07, 6.45) is -2.70. The first-order valence-electron chi connectivity index (χ1n) is 22.6. The van der Waals surface area contributed by atoms with E-state index < -0.39 is 40.9 Å². The van der Waals surface area contributed by atoms with Crippen molar-refractivity contribution in [3.05, 3.63) is 88.9 Å². The van der Waals surface area contributed by atoms with E-state index in [1.54, 1.807) is 27.1 Å². The van der Waals surface area contributed by atoms with Gasteiger partial charge in [-0.15, -0.1) is 13.9 Å². The van der Waals surface area contributed by atoms with Crippen LogP contribution in [0.1, 0.15) is 68.8 Å². The SMILES string of the molecule is CCCSc1nc(NCCN)c2nnn(Cc3ccc(C#CC(=O)NCCOCCC(O)Cn4c(C(C)(C)CO)cc5cc(NC(=O)C6(c7ccc8c(c7)OC(F)(F)O8)CC6)c(F)cc54)cc3)c2n1. The molecule has 69 heavy (non-hydrogen) atoms. The number of anilines is 2. The topological polar surface area (TPSA) is 226 Å². The molecule has 1 fully saturated rings. The summed E-state index contributed by atoms with van der Waals surface area (Å²) in [6, 6.07) is 16.2. The van der Waals surface area contributed by atoms with E-state index >= 15 is 4.39 Å². The van der Waals surface area contributed by atoms with Crippen molar-refractivity contribution < 1.29 is 47.2 Å². The standard InChI is InChI=1S/C48H53F3N10O7S/c1-4-21-69-45-56-42(54-17-16-52)41-43(57-45)61(59-58-41)26-30-7-5-29(6-8-30)9-12-40(64)53-18-20-66-19-13-33(63)27-60-36-25-34(49)35(22-31(36)23-39(60)46(2,3)28-62)55-44(65)47(14-15-47)32-10-11-37-38(24-32)68-48(50,51)67-37/h5-8,10-11,22-25,33,62-63H,4,13-21,26-28,52H2,1-3H3,(H,53,64)(H,55,65)(H,54,56,57). The molecule has 364 valence electrons. The zero-order chi connectivity index (χ0) is 48.9. The van der Waals surface area contributed by atoms with Gasteiger partial charge in [0.05, 0.1) is 42.5 Å². The molecule has 2 aliphatic rings. The van der Waals surface area contributed by atoms with Gasteiger partial charge in [-0.2, -0.15) is 0 Å². The lowest BCUT2D eigenvalue weighted by atomic mass is 9.90. The number of alkyl halides is 2. The van der Waals surface area contributed by atoms with E-state index in [0.29, 0.717) is 82.3 Å². The van der Waals surface area contributed by atoms with E-state index in [2.05, 4.69) is 59.5 Å². The average molecular weight is 971 g/mol. The Hall–Kier alpha value is -6.44. The van der Waals surface area contributed by atoms with Crippen molar-refractivity contribution in [2.75, 3.05) is 55.8 Å². The minimum atomic E-state index is -3.80. The highest BCUT2D eigenvalue weighted by atomic mass is 32.2. The number of halogens is 3. The van der Waals surface area contributed by atoms with Gasteiger partial charge in [-0.25, -0.2) is 19.0 Å². The number of aromatic nitrogens is 6. The molecule has 17 nitrogen and oxygen atoms in total. The number of nitrogens with two attached hydrogens (primary N) is 1. The zero-order valence-corrected chi connectivity index (χ0v) is 39.1. The summed E-state index contributed by atoms with van der Waals surface area (Å²) in [4.78, 5) is 35.4. The lowest BCUT2D eigenvalue weighted by molar-refractivity contribution is -0.286. The van der Waals surface area contributed by atoms with Gasteiger partial charge in [-0.1, -0.05) is 61.9 Å². The van der Waals surface area contributed by atoms with Crippen molar-refractivity contribution >= 4 is 57.1 Å². The molecule has 21 heteroatoms. The molecule has 2 amide bonds. The van der Waals surface area contributed by atoms with Crippen LogP contribution in [0.4, 0.5) is 24.7 Å². The van der Waals surface area contributed by atoms with Crippen molar-refractivity contribution in [3.63, 3.8) is 0 Å². The Morgan fingerprint density at radius 1 is 1.04 bits per heavy atom. The van der Waals surface area contributed by atoms with Gasteiger partial charge in [0, 0.05) is 72.6 Å². The molecule has 1 atom stereocenters. The molecule has 8 rings (SSSR count). The fourth-order valence-corrected chi connectivity index (χ4v) is 8.59. The fraction of sp³-hybridized carbons (Fsp3) is 0.417. The normalized spacial score (nSPS) is 14.9. The van der Waals surface area contributed by atoms with E-state index in [4.69, 9.17) is 15.5 Å². The second-order valence-corrected chi connectivity index (χ2v) is 18.6. The van der Waals surface area contributed by atoms with Gasteiger partial charge in [0.15, 0.2) is 33.6 Å². The number of carbonyl (C=O) groups is 2. The smallest absolute Gasteiger partial charge is 0.395 e. The van der Waals surface area contributed by atoms with Gasteiger partial charge in [0.1, 0.15) is 5.82 Å². The van der Waals surface area contributed by atoms with Gasteiger partial charge in [-0.05, 0) is 73.2 Å². The number of nitrogens with zero attached hydrogens (tertiary/aromatic N) is 6. The van der Waals surface area contributed by atoms with Gasteiger partial charge >= 0.3 is 6.29 Å². The molecule has 1 aliphatic heterocycles. The highest BCUT2D eigenvalue weighted by Crippen LogP contribution is 2.52. The van der Waals surface area contributed by atoms with Crippen LogP contribution in [0.2, 0.25) is 0 Å². The maximum atomic E-state index is 15.8. The van der Waals surface area contributed by atoms with Crippen LogP contribution in [-0.2, 0) is 38.2 Å². The monoisotopic (exact) mass is 970 g/mol. The molecular formula is C48H53F3N10O7S. The number of hydrogen-bond acceptors (Lipinski definition) is 14. The molecule has 0 spiro atoms. The predicted molar refractivity (Wildman–Crippen MR) is 253 cm³/mol. The quantitative estimate of drug-likeness (QED) is 0.0229. The summed E-state index contributed by atoms with van der Waals surface area (Å²) in [5.41, 5.74) is 8.04. The van der Waals surface area contributed by atoms with Crippen LogP contribution in [0.3, 0.4) is 0 Å². The molecule has 1 aliphatic carbocycles. The Morgan fingerprint density at radius 2 is 1.83 bits per heavy atom. The maximum Gasteiger partial charge on any atom is 0.586 e. The Labute approximate surface area is 399 Å². The van der Waals surface area contributed by atoms with Gasteiger partial charge in [-0.3, -0.25) is 9.59 Å². The van der Waals surface area contributed by atoms with Crippen molar-refractivity contribution in [1.29, 1.82) is 0 Å². The van der Waals surface area contributed by atoms with E-state index in [1.807, 2.05) is 38.1 Å². The van der Waals surface area contributed by atoms with Crippen LogP contribution in [0.25, 0.3) is 22.1 Å². The minimum absolute atomic E-state index is 0.0516. The average Bonchev–Trinajstić information content (AvgIpc) is 3.80. The number of aliphatic hydroxyl groups is 2. The van der Waals surface area contributed by atoms with Gasteiger partial charge < -0.3 is 50.7 Å². The Kier molecular flexibility index (Phi) is 14.7. The number of carbonyl (C=O) groups excluding carboxylic acids is 2. The van der Waals surface area contributed by atoms with Gasteiger partial charge in [0.25, 0.3) is 5.91 Å². The number of rotatable bonds is 21. The van der Waals surface area contributed by atoms with Crippen molar-refractivity contribution in [2.45, 2.75) is 87.9 Å². The number of aliphatic hydroxyl groups excluding tert-OH is 2. The van der Waals surface area contributed by atoms with Crippen LogP contribution < -0.4 is 31.2 Å². The summed E-state index contributed by atoms with van der Waals surface area (Å²) in [5.74, 6) is 4.91. The zero-order valence-electron chi connectivity index (χ0n) is 38.3. The molecule has 0 radical (unpaired) electrons. The second-order valence-electron chi connectivity index (χ2n) is 17.5. The number of amides is 2. The van der Waals surface area contributed by atoms with Crippen molar-refractivity contribution in [1.82, 2.24) is 34.8 Å². The molecule has 7 N–H and O–H groups in total. The molecule has 3 aromatic heterocycles. The van der Waals surface area contributed by atoms with Crippen LogP contribution in [0.5, 0.6) is 11.5 Å². The predicted octanol–water partition coefficient (Wildman–Crippen LogP) is 5.43. The van der Waals surface area contributed by atoms with E-state index in [1.165, 1.54) is 30.3 Å². The van der Waals surface area contributed by atoms with Crippen molar-refractivity contribution in [2.24, 2.45) is 5.73 Å². The highest BCUT2D eigenvalue weighted by Gasteiger charge is 2.53. The molecule has 3 aromatic carbocycles. The number of ether oxygens (including phenoxy) is 3. The van der Waals surface area contributed by atoms with Crippen molar-refractivity contribution in [3.8, 4) is 23.3 Å². The van der Waals surface area contributed by atoms with Gasteiger partial charge in [0.2, 0.25) is 5.91 Å². The lowest BCUT2D eigenvalue weighted by Gasteiger charge is -2.26. The summed E-state index contributed by atoms with van der Waals surface area (Å²) in [7, 11) is 0. The van der Waals surface area contributed by atoms with Crippen LogP contribution in [-0.4, -0.2) is 109 Å².